The van der Waals surface area contributed by atoms with Crippen molar-refractivity contribution in [2.45, 2.75) is 43.3 Å². The third-order valence-electron chi connectivity index (χ3n) is 4.08. The van der Waals surface area contributed by atoms with Crippen LogP contribution in [-0.2, 0) is 16.2 Å². The normalized spacial score (nSPS) is 26.3. The average Bonchev–Trinajstić information content (AvgIpc) is 2.79. The minimum Gasteiger partial charge on any atom is -0.396 e. The summed E-state index contributed by atoms with van der Waals surface area (Å²) in [7, 11) is -3.98. The van der Waals surface area contributed by atoms with E-state index >= 15 is 0 Å². The summed E-state index contributed by atoms with van der Waals surface area (Å²) in [5.74, 6) is 0. The number of halogens is 3. The minimum absolute atomic E-state index is 0.161. The van der Waals surface area contributed by atoms with Crippen molar-refractivity contribution in [2.24, 2.45) is 5.41 Å². The Hall–Kier alpha value is -1.19. The smallest absolute Gasteiger partial charge is 0.396 e. The topological polar surface area (TPSA) is 79.3 Å². The number of hydrogen-bond acceptors (Lipinski definition) is 4. The highest BCUT2D eigenvalue weighted by atomic mass is 32.2. The number of aliphatic hydroxyl groups is 1. The van der Waals surface area contributed by atoms with E-state index in [1.807, 2.05) is 0 Å². The third-order valence-corrected chi connectivity index (χ3v) is 5.53. The number of aliphatic hydroxyl groups excluding tert-OH is 1. The van der Waals surface area contributed by atoms with Gasteiger partial charge < -0.3 is 5.11 Å². The Morgan fingerprint density at radius 2 is 2.14 bits per heavy atom. The van der Waals surface area contributed by atoms with Crippen LogP contribution in [0, 0.1) is 5.41 Å². The lowest BCUT2D eigenvalue weighted by Crippen LogP contribution is -2.44. The zero-order valence-corrected chi connectivity index (χ0v) is 12.7. The maximum atomic E-state index is 12.4. The van der Waals surface area contributed by atoms with E-state index in [9.17, 15) is 26.7 Å². The summed E-state index contributed by atoms with van der Waals surface area (Å²) in [5.41, 5.74) is -1.71. The molecule has 1 aromatic heterocycles. The van der Waals surface area contributed by atoms with Crippen molar-refractivity contribution in [2.75, 3.05) is 6.61 Å². The lowest BCUT2D eigenvalue weighted by atomic mass is 9.86. The van der Waals surface area contributed by atoms with Gasteiger partial charge in [-0.05, 0) is 25.0 Å². The SMILES string of the molecule is C[C@]1(CO)CCC[C@@H]1NS(=O)(=O)c1ccc(C(F)(F)F)nc1. The van der Waals surface area contributed by atoms with Crippen LogP contribution in [0.5, 0.6) is 0 Å². The lowest BCUT2D eigenvalue weighted by Gasteiger charge is -2.29. The summed E-state index contributed by atoms with van der Waals surface area (Å²) in [5, 5.41) is 9.42. The van der Waals surface area contributed by atoms with Crippen LogP contribution in [0.1, 0.15) is 31.9 Å². The molecule has 1 aliphatic carbocycles. The largest absolute Gasteiger partial charge is 0.433 e. The van der Waals surface area contributed by atoms with Crippen molar-refractivity contribution in [1.82, 2.24) is 9.71 Å². The molecule has 1 aromatic rings. The van der Waals surface area contributed by atoms with Gasteiger partial charge >= 0.3 is 6.18 Å². The summed E-state index contributed by atoms with van der Waals surface area (Å²) in [4.78, 5) is 2.83. The second-order valence-corrected chi connectivity index (χ2v) is 7.47. The van der Waals surface area contributed by atoms with E-state index in [-0.39, 0.29) is 11.5 Å². The Morgan fingerprint density at radius 1 is 1.45 bits per heavy atom. The molecule has 2 N–H and O–H groups in total. The first-order chi connectivity index (χ1) is 10.1. The first-order valence-electron chi connectivity index (χ1n) is 6.75. The molecule has 0 spiro atoms. The van der Waals surface area contributed by atoms with Crippen LogP contribution < -0.4 is 4.72 Å². The first-order valence-corrected chi connectivity index (χ1v) is 8.23. The van der Waals surface area contributed by atoms with Crippen molar-refractivity contribution >= 4 is 10.0 Å². The van der Waals surface area contributed by atoms with Gasteiger partial charge in [-0.25, -0.2) is 13.1 Å². The minimum atomic E-state index is -4.61. The van der Waals surface area contributed by atoms with E-state index in [1.54, 1.807) is 6.92 Å². The Bertz CT molecular complexity index is 631. The standard InChI is InChI=1S/C13H17F3N2O3S/c1-12(8-19)6-2-3-10(12)18-22(20,21)9-4-5-11(17-7-9)13(14,15)16/h4-5,7,10,18-19H,2-3,6,8H2,1H3/t10-,12+/m0/s1. The molecule has 1 saturated carbocycles. The van der Waals surface area contributed by atoms with Gasteiger partial charge in [0, 0.05) is 24.3 Å². The highest BCUT2D eigenvalue weighted by Gasteiger charge is 2.40. The fraction of sp³-hybridized carbons (Fsp3) is 0.615. The van der Waals surface area contributed by atoms with E-state index in [1.165, 1.54) is 0 Å². The second kappa shape index (κ2) is 5.78. The van der Waals surface area contributed by atoms with E-state index < -0.39 is 33.4 Å². The van der Waals surface area contributed by atoms with Crippen molar-refractivity contribution in [3.8, 4) is 0 Å². The second-order valence-electron chi connectivity index (χ2n) is 5.76. The Morgan fingerprint density at radius 3 is 2.64 bits per heavy atom. The Labute approximate surface area is 126 Å². The number of sulfonamides is 1. The van der Waals surface area contributed by atoms with Crippen molar-refractivity contribution in [1.29, 1.82) is 0 Å². The van der Waals surface area contributed by atoms with Gasteiger partial charge in [-0.1, -0.05) is 13.3 Å². The summed E-state index contributed by atoms with van der Waals surface area (Å²) < 4.78 is 64.2. The van der Waals surface area contributed by atoms with Crippen LogP contribution in [0.2, 0.25) is 0 Å². The fourth-order valence-corrected chi connectivity index (χ4v) is 3.94. The maximum Gasteiger partial charge on any atom is 0.433 e. The molecule has 2 atom stereocenters. The van der Waals surface area contributed by atoms with Gasteiger partial charge in [0.05, 0.1) is 0 Å². The van der Waals surface area contributed by atoms with Gasteiger partial charge in [0.25, 0.3) is 0 Å². The number of aromatic nitrogens is 1. The van der Waals surface area contributed by atoms with Gasteiger partial charge in [-0.2, -0.15) is 13.2 Å². The first kappa shape index (κ1) is 17.2. The highest BCUT2D eigenvalue weighted by molar-refractivity contribution is 7.89. The molecule has 1 aliphatic rings. The van der Waals surface area contributed by atoms with Crippen LogP contribution in [-0.4, -0.2) is 31.2 Å². The van der Waals surface area contributed by atoms with Crippen LogP contribution in [0.4, 0.5) is 13.2 Å². The van der Waals surface area contributed by atoms with Gasteiger partial charge in [-0.15, -0.1) is 0 Å². The van der Waals surface area contributed by atoms with Crippen LogP contribution >= 0.6 is 0 Å². The van der Waals surface area contributed by atoms with Gasteiger partial charge in [-0.3, -0.25) is 4.98 Å². The molecule has 1 fully saturated rings. The summed E-state index contributed by atoms with van der Waals surface area (Å²) >= 11 is 0. The molecule has 0 saturated heterocycles. The highest BCUT2D eigenvalue weighted by Crippen LogP contribution is 2.38. The molecule has 22 heavy (non-hydrogen) atoms. The molecule has 0 amide bonds. The van der Waals surface area contributed by atoms with Crippen molar-refractivity contribution in [3.63, 3.8) is 0 Å². The molecule has 0 unspecified atom stereocenters. The van der Waals surface area contributed by atoms with E-state index in [0.717, 1.165) is 12.5 Å². The zero-order valence-electron chi connectivity index (χ0n) is 11.9. The number of nitrogens with one attached hydrogen (secondary N) is 1. The number of rotatable bonds is 4. The van der Waals surface area contributed by atoms with Crippen LogP contribution in [0.15, 0.2) is 23.2 Å². The lowest BCUT2D eigenvalue weighted by molar-refractivity contribution is -0.141. The molecule has 2 rings (SSSR count). The summed E-state index contributed by atoms with van der Waals surface area (Å²) in [6.07, 6.45) is -1.89. The van der Waals surface area contributed by atoms with Crippen molar-refractivity contribution < 1.29 is 26.7 Å². The predicted octanol–water partition coefficient (Wildman–Crippen LogP) is 1.93. The van der Waals surface area contributed by atoms with Gasteiger partial charge in [0.2, 0.25) is 10.0 Å². The predicted molar refractivity (Wildman–Crippen MR) is 72.4 cm³/mol. The van der Waals surface area contributed by atoms with Crippen LogP contribution in [0.3, 0.4) is 0 Å². The summed E-state index contributed by atoms with van der Waals surface area (Å²) in [6, 6.07) is 1.06. The van der Waals surface area contributed by atoms with Crippen LogP contribution in [0.25, 0.3) is 0 Å². The Balaban J connectivity index is 2.21. The fourth-order valence-electron chi connectivity index (χ4n) is 2.59. The third kappa shape index (κ3) is 3.41. The molecule has 124 valence electrons. The van der Waals surface area contributed by atoms with E-state index in [0.29, 0.717) is 25.1 Å². The van der Waals surface area contributed by atoms with E-state index in [2.05, 4.69) is 9.71 Å². The molecule has 0 aliphatic heterocycles. The quantitative estimate of drug-likeness (QED) is 0.879. The molecule has 0 aromatic carbocycles. The number of nitrogens with zero attached hydrogens (tertiary/aromatic N) is 1. The zero-order chi connectivity index (χ0) is 16.6. The number of hydrogen-bond donors (Lipinski definition) is 2. The van der Waals surface area contributed by atoms with Crippen molar-refractivity contribution in [3.05, 3.63) is 24.0 Å². The van der Waals surface area contributed by atoms with Gasteiger partial charge in [0.1, 0.15) is 10.6 Å². The molecule has 1 heterocycles. The number of pyridine rings is 1. The summed E-state index contributed by atoms with van der Waals surface area (Å²) in [6.45, 7) is 1.61. The molecule has 0 radical (unpaired) electrons. The maximum absolute atomic E-state index is 12.4. The molecule has 0 bridgehead atoms. The molecule has 9 heteroatoms. The van der Waals surface area contributed by atoms with Gasteiger partial charge in [0.15, 0.2) is 0 Å². The molecule has 5 nitrogen and oxygen atoms in total. The number of alkyl halides is 3. The van der Waals surface area contributed by atoms with E-state index in [4.69, 9.17) is 0 Å². The molecular formula is C13H17F3N2O3S. The molecular weight excluding hydrogens is 321 g/mol. The Kier molecular flexibility index (Phi) is 4.51. The average molecular weight is 338 g/mol. The monoisotopic (exact) mass is 338 g/mol.